The SMILES string of the molecule is C/C=C(\C)C(=O)[O-].C=Cc1ccccc1C. The maximum atomic E-state index is 9.75. The minimum atomic E-state index is -1.09. The van der Waals surface area contributed by atoms with Crippen molar-refractivity contribution in [2.75, 3.05) is 0 Å². The van der Waals surface area contributed by atoms with Crippen LogP contribution in [-0.2, 0) is 4.79 Å². The molecule has 1 rings (SSSR count). The summed E-state index contributed by atoms with van der Waals surface area (Å²) in [5.74, 6) is -1.09. The van der Waals surface area contributed by atoms with Gasteiger partial charge in [0.2, 0.25) is 0 Å². The van der Waals surface area contributed by atoms with Gasteiger partial charge in [-0.3, -0.25) is 0 Å². The molecule has 0 N–H and O–H groups in total. The Bertz CT molecular complexity index is 389. The number of carbonyl (C=O) groups is 1. The minimum Gasteiger partial charge on any atom is -0.545 e. The lowest BCUT2D eigenvalue weighted by molar-refractivity contribution is -0.299. The van der Waals surface area contributed by atoms with Crippen molar-refractivity contribution in [1.82, 2.24) is 0 Å². The maximum absolute atomic E-state index is 9.75. The summed E-state index contributed by atoms with van der Waals surface area (Å²) in [6.07, 6.45) is 3.37. The smallest absolute Gasteiger partial charge is 0.0668 e. The minimum absolute atomic E-state index is 0.278. The predicted octanol–water partition coefficient (Wildman–Crippen LogP) is 2.34. The predicted molar refractivity (Wildman–Crippen MR) is 65.7 cm³/mol. The van der Waals surface area contributed by atoms with Crippen LogP contribution < -0.4 is 5.11 Å². The van der Waals surface area contributed by atoms with E-state index in [1.807, 2.05) is 18.2 Å². The van der Waals surface area contributed by atoms with Crippen LogP contribution in [0.2, 0.25) is 0 Å². The van der Waals surface area contributed by atoms with Gasteiger partial charge in [-0.25, -0.2) is 0 Å². The van der Waals surface area contributed by atoms with Crippen LogP contribution in [0.5, 0.6) is 0 Å². The Hall–Kier alpha value is -1.83. The number of aliphatic carboxylic acids is 1. The van der Waals surface area contributed by atoms with Gasteiger partial charge < -0.3 is 9.90 Å². The fourth-order valence-electron chi connectivity index (χ4n) is 0.934. The summed E-state index contributed by atoms with van der Waals surface area (Å²) < 4.78 is 0. The molecule has 0 saturated heterocycles. The van der Waals surface area contributed by atoms with Crippen molar-refractivity contribution in [3.63, 3.8) is 0 Å². The first-order chi connectivity index (χ1) is 7.52. The largest absolute Gasteiger partial charge is 0.545 e. The van der Waals surface area contributed by atoms with Gasteiger partial charge in [-0.05, 0) is 37.5 Å². The summed E-state index contributed by atoms with van der Waals surface area (Å²) in [7, 11) is 0. The second-order valence-electron chi connectivity index (χ2n) is 3.32. The third-order valence-corrected chi connectivity index (χ3v) is 2.16. The maximum Gasteiger partial charge on any atom is 0.0668 e. The number of benzene rings is 1. The molecule has 0 aromatic heterocycles. The molecule has 0 amide bonds. The van der Waals surface area contributed by atoms with Crippen LogP contribution in [0.25, 0.3) is 6.08 Å². The number of carboxylic acids is 1. The van der Waals surface area contributed by atoms with E-state index in [1.54, 1.807) is 6.92 Å². The zero-order valence-electron chi connectivity index (χ0n) is 9.99. The number of allylic oxidation sites excluding steroid dienone is 1. The van der Waals surface area contributed by atoms with Gasteiger partial charge in [-0.15, -0.1) is 0 Å². The summed E-state index contributed by atoms with van der Waals surface area (Å²) in [6, 6.07) is 8.19. The lowest BCUT2D eigenvalue weighted by Crippen LogP contribution is -2.22. The molecule has 0 aliphatic carbocycles. The standard InChI is InChI=1S/C9H10.C5H8O2/c1-3-9-7-5-4-6-8(9)2;1-3-4(2)5(6)7/h3-7H,1H2,2H3;3H,1-2H3,(H,6,7)/p-1/b;4-3+. The summed E-state index contributed by atoms with van der Waals surface area (Å²) in [4.78, 5) is 9.75. The molecule has 0 saturated carbocycles. The third-order valence-electron chi connectivity index (χ3n) is 2.16. The van der Waals surface area contributed by atoms with E-state index in [0.717, 1.165) is 0 Å². The molecule has 1 aromatic rings. The number of aryl methyl sites for hydroxylation is 1. The second kappa shape index (κ2) is 7.46. The summed E-state index contributed by atoms with van der Waals surface area (Å²) in [5, 5.41) is 9.75. The number of carbonyl (C=O) groups excluding carboxylic acids is 1. The van der Waals surface area contributed by atoms with Crippen LogP contribution in [0, 0.1) is 6.92 Å². The molecule has 0 aliphatic rings. The normalized spacial score (nSPS) is 10.1. The van der Waals surface area contributed by atoms with Gasteiger partial charge in [0.15, 0.2) is 0 Å². The molecule has 0 unspecified atom stereocenters. The summed E-state index contributed by atoms with van der Waals surface area (Å²) >= 11 is 0. The molecule has 0 heterocycles. The highest BCUT2D eigenvalue weighted by molar-refractivity contribution is 5.83. The molecule has 1 aromatic carbocycles. The Balaban J connectivity index is 0.000000293. The van der Waals surface area contributed by atoms with Crippen molar-refractivity contribution in [2.45, 2.75) is 20.8 Å². The van der Waals surface area contributed by atoms with E-state index in [0.29, 0.717) is 0 Å². The number of rotatable bonds is 2. The van der Waals surface area contributed by atoms with Gasteiger partial charge in [-0.1, -0.05) is 43.0 Å². The van der Waals surface area contributed by atoms with Crippen molar-refractivity contribution < 1.29 is 9.90 Å². The molecule has 0 fully saturated rings. The van der Waals surface area contributed by atoms with Crippen LogP contribution in [0.1, 0.15) is 25.0 Å². The Morgan fingerprint density at radius 3 is 2.19 bits per heavy atom. The van der Waals surface area contributed by atoms with Crippen LogP contribution in [0.3, 0.4) is 0 Å². The Morgan fingerprint density at radius 1 is 1.38 bits per heavy atom. The first kappa shape index (κ1) is 14.2. The van der Waals surface area contributed by atoms with Crippen molar-refractivity contribution in [2.24, 2.45) is 0 Å². The highest BCUT2D eigenvalue weighted by Crippen LogP contribution is 2.06. The topological polar surface area (TPSA) is 40.1 Å². The first-order valence-corrected chi connectivity index (χ1v) is 5.05. The zero-order chi connectivity index (χ0) is 12.6. The molecule has 0 aliphatic heterocycles. The highest BCUT2D eigenvalue weighted by Gasteiger charge is 1.86. The zero-order valence-corrected chi connectivity index (χ0v) is 9.99. The summed E-state index contributed by atoms with van der Waals surface area (Å²) in [6.45, 7) is 8.93. The average Bonchev–Trinajstić information content (AvgIpc) is 2.29. The van der Waals surface area contributed by atoms with Crippen LogP contribution in [0.4, 0.5) is 0 Å². The Kier molecular flexibility index (Phi) is 6.61. The quantitative estimate of drug-likeness (QED) is 0.713. The number of hydrogen-bond donors (Lipinski definition) is 0. The third kappa shape index (κ3) is 5.15. The molecular weight excluding hydrogens is 200 g/mol. The Labute approximate surface area is 96.9 Å². The van der Waals surface area contributed by atoms with Gasteiger partial charge in [-0.2, -0.15) is 0 Å². The summed E-state index contributed by atoms with van der Waals surface area (Å²) in [5.41, 5.74) is 2.78. The van der Waals surface area contributed by atoms with Crippen molar-refractivity contribution in [1.29, 1.82) is 0 Å². The molecular formula is C14H17O2-. The highest BCUT2D eigenvalue weighted by atomic mass is 16.4. The van der Waals surface area contributed by atoms with E-state index < -0.39 is 5.97 Å². The van der Waals surface area contributed by atoms with Crippen molar-refractivity contribution in [3.05, 3.63) is 53.6 Å². The fourth-order valence-corrected chi connectivity index (χ4v) is 0.934. The number of carboxylic acid groups (broad SMARTS) is 1. The van der Waals surface area contributed by atoms with E-state index in [2.05, 4.69) is 25.6 Å². The molecule has 2 nitrogen and oxygen atoms in total. The Morgan fingerprint density at radius 2 is 1.94 bits per heavy atom. The van der Waals surface area contributed by atoms with Crippen molar-refractivity contribution >= 4 is 12.0 Å². The van der Waals surface area contributed by atoms with E-state index in [1.165, 1.54) is 24.1 Å². The van der Waals surface area contributed by atoms with Crippen LogP contribution in [0.15, 0.2) is 42.5 Å². The van der Waals surface area contributed by atoms with E-state index in [9.17, 15) is 9.90 Å². The fraction of sp³-hybridized carbons (Fsp3) is 0.214. The second-order valence-corrected chi connectivity index (χ2v) is 3.32. The molecule has 0 atom stereocenters. The lowest BCUT2D eigenvalue weighted by atomic mass is 10.1. The monoisotopic (exact) mass is 217 g/mol. The van der Waals surface area contributed by atoms with Crippen LogP contribution >= 0.6 is 0 Å². The van der Waals surface area contributed by atoms with Gasteiger partial charge in [0.1, 0.15) is 0 Å². The average molecular weight is 217 g/mol. The molecule has 86 valence electrons. The molecule has 16 heavy (non-hydrogen) atoms. The molecule has 2 heteroatoms. The van der Waals surface area contributed by atoms with E-state index >= 15 is 0 Å². The van der Waals surface area contributed by atoms with Gasteiger partial charge >= 0.3 is 0 Å². The molecule has 0 spiro atoms. The molecule has 0 radical (unpaired) electrons. The number of hydrogen-bond acceptors (Lipinski definition) is 2. The lowest BCUT2D eigenvalue weighted by Gasteiger charge is -1.96. The molecule has 0 bridgehead atoms. The van der Waals surface area contributed by atoms with E-state index in [-0.39, 0.29) is 5.57 Å². The van der Waals surface area contributed by atoms with Gasteiger partial charge in [0.05, 0.1) is 5.97 Å². The van der Waals surface area contributed by atoms with Crippen LogP contribution in [-0.4, -0.2) is 5.97 Å². The first-order valence-electron chi connectivity index (χ1n) is 5.05. The van der Waals surface area contributed by atoms with Gasteiger partial charge in [0, 0.05) is 0 Å². The van der Waals surface area contributed by atoms with E-state index in [4.69, 9.17) is 0 Å². The van der Waals surface area contributed by atoms with Crippen molar-refractivity contribution in [3.8, 4) is 0 Å². The van der Waals surface area contributed by atoms with Gasteiger partial charge in [0.25, 0.3) is 0 Å².